The van der Waals surface area contributed by atoms with Crippen LogP contribution in [0.5, 0.6) is 0 Å². The number of carbonyl (C=O) groups excluding carboxylic acids is 1. The van der Waals surface area contributed by atoms with E-state index in [0.29, 0.717) is 45.8 Å². The van der Waals surface area contributed by atoms with Crippen molar-refractivity contribution in [2.24, 2.45) is 5.41 Å². The molecule has 1 heterocycles. The number of carboxylic acid groups (broad SMARTS) is 1. The van der Waals surface area contributed by atoms with Crippen LogP contribution < -0.4 is 10.6 Å². The minimum Gasteiger partial charge on any atom is -0.481 e. The van der Waals surface area contributed by atoms with Crippen LogP contribution >= 0.6 is 0 Å². The van der Waals surface area contributed by atoms with Crippen molar-refractivity contribution in [3.63, 3.8) is 0 Å². The van der Waals surface area contributed by atoms with E-state index in [9.17, 15) is 14.7 Å². The van der Waals surface area contributed by atoms with Crippen molar-refractivity contribution in [1.82, 2.24) is 10.6 Å². The molecule has 1 aliphatic heterocycles. The van der Waals surface area contributed by atoms with Crippen LogP contribution in [0.4, 0.5) is 4.79 Å². The van der Waals surface area contributed by atoms with E-state index in [2.05, 4.69) is 17.2 Å². The number of carboxylic acids is 1. The number of amides is 2. The number of rotatable bonds is 8. The van der Waals surface area contributed by atoms with Crippen LogP contribution in [0.2, 0.25) is 0 Å². The molecule has 0 saturated carbocycles. The van der Waals surface area contributed by atoms with Gasteiger partial charge in [-0.1, -0.05) is 12.2 Å². The number of ether oxygens (including phenoxy) is 2. The molecule has 1 fully saturated rings. The molecule has 0 unspecified atom stereocenters. The largest absolute Gasteiger partial charge is 0.481 e. The first kappa shape index (κ1) is 17.5. The van der Waals surface area contributed by atoms with Gasteiger partial charge in [-0.05, 0) is 19.8 Å². The molecule has 21 heavy (non-hydrogen) atoms. The zero-order chi connectivity index (χ0) is 15.7. The number of aliphatic carboxylic acids is 1. The highest BCUT2D eigenvalue weighted by Gasteiger charge is 2.40. The van der Waals surface area contributed by atoms with Gasteiger partial charge in [0.2, 0.25) is 0 Å². The summed E-state index contributed by atoms with van der Waals surface area (Å²) in [5, 5.41) is 14.6. The van der Waals surface area contributed by atoms with Crippen LogP contribution in [0.15, 0.2) is 12.2 Å². The van der Waals surface area contributed by atoms with Gasteiger partial charge in [0.05, 0.1) is 18.6 Å². The van der Waals surface area contributed by atoms with E-state index in [0.717, 1.165) is 5.57 Å². The normalized spacial score (nSPS) is 17.0. The Morgan fingerprint density at radius 3 is 2.57 bits per heavy atom. The summed E-state index contributed by atoms with van der Waals surface area (Å²) in [4.78, 5) is 23.0. The van der Waals surface area contributed by atoms with Gasteiger partial charge in [-0.25, -0.2) is 4.79 Å². The maximum absolute atomic E-state index is 11.6. The van der Waals surface area contributed by atoms with Crippen LogP contribution in [0.1, 0.15) is 19.8 Å². The van der Waals surface area contributed by atoms with E-state index in [-0.39, 0.29) is 12.6 Å². The van der Waals surface area contributed by atoms with Gasteiger partial charge in [0.25, 0.3) is 0 Å². The Labute approximate surface area is 124 Å². The van der Waals surface area contributed by atoms with Crippen LogP contribution in [0, 0.1) is 5.41 Å². The Morgan fingerprint density at radius 2 is 2.00 bits per heavy atom. The second-order valence-electron chi connectivity index (χ2n) is 5.32. The van der Waals surface area contributed by atoms with E-state index in [1.165, 1.54) is 0 Å². The highest BCUT2D eigenvalue weighted by Crippen LogP contribution is 2.29. The lowest BCUT2D eigenvalue weighted by Crippen LogP contribution is -2.49. The van der Waals surface area contributed by atoms with Crippen LogP contribution in [0.25, 0.3) is 0 Å². The molecule has 1 aliphatic rings. The highest BCUT2D eigenvalue weighted by atomic mass is 16.5. The molecule has 0 atom stereocenters. The third-order valence-electron chi connectivity index (χ3n) is 3.37. The molecule has 7 heteroatoms. The molecule has 7 nitrogen and oxygen atoms in total. The number of urea groups is 1. The van der Waals surface area contributed by atoms with E-state index in [1.54, 1.807) is 0 Å². The molecule has 1 rings (SSSR count). The maximum atomic E-state index is 11.6. The predicted octanol–water partition coefficient (Wildman–Crippen LogP) is 0.760. The minimum atomic E-state index is -0.925. The van der Waals surface area contributed by atoms with Crippen molar-refractivity contribution in [3.8, 4) is 0 Å². The average Bonchev–Trinajstić information content (AvgIpc) is 2.45. The summed E-state index contributed by atoms with van der Waals surface area (Å²) in [6, 6.07) is -0.388. The molecule has 0 aliphatic carbocycles. The first-order chi connectivity index (χ1) is 9.96. The fraction of sp³-hybridized carbons (Fsp3) is 0.714. The quantitative estimate of drug-likeness (QED) is 0.454. The van der Waals surface area contributed by atoms with Gasteiger partial charge in [0, 0.05) is 26.3 Å². The molecular weight excluding hydrogens is 276 g/mol. The molecular formula is C14H24N2O5. The summed E-state index contributed by atoms with van der Waals surface area (Å²) < 4.78 is 10.4. The van der Waals surface area contributed by atoms with Crippen molar-refractivity contribution >= 4 is 12.0 Å². The topological polar surface area (TPSA) is 96.9 Å². The maximum Gasteiger partial charge on any atom is 0.314 e. The van der Waals surface area contributed by atoms with Crippen molar-refractivity contribution in [2.75, 3.05) is 39.5 Å². The van der Waals surface area contributed by atoms with Crippen molar-refractivity contribution in [3.05, 3.63) is 12.2 Å². The number of hydrogen-bond donors (Lipinski definition) is 3. The predicted molar refractivity (Wildman–Crippen MR) is 77.2 cm³/mol. The van der Waals surface area contributed by atoms with Gasteiger partial charge in [-0.2, -0.15) is 0 Å². The molecule has 0 aromatic heterocycles. The van der Waals surface area contributed by atoms with Gasteiger partial charge in [0.1, 0.15) is 0 Å². The molecule has 0 aromatic rings. The molecule has 0 aromatic carbocycles. The van der Waals surface area contributed by atoms with Gasteiger partial charge in [0.15, 0.2) is 0 Å². The second kappa shape index (κ2) is 8.63. The third-order valence-corrected chi connectivity index (χ3v) is 3.37. The summed E-state index contributed by atoms with van der Waals surface area (Å²) in [5.74, 6) is -0.893. The molecule has 0 bridgehead atoms. The zero-order valence-electron chi connectivity index (χ0n) is 12.4. The van der Waals surface area contributed by atoms with E-state index in [4.69, 9.17) is 9.47 Å². The first-order valence-electron chi connectivity index (χ1n) is 7.01. The Balaban J connectivity index is 2.24. The Bertz CT molecular complexity index is 378. The van der Waals surface area contributed by atoms with Gasteiger partial charge < -0.3 is 25.2 Å². The van der Waals surface area contributed by atoms with Crippen LogP contribution in [-0.4, -0.2) is 56.6 Å². The Kier molecular flexibility index (Phi) is 7.18. The van der Waals surface area contributed by atoms with Crippen molar-refractivity contribution in [1.29, 1.82) is 0 Å². The first-order valence-corrected chi connectivity index (χ1v) is 7.01. The van der Waals surface area contributed by atoms with Gasteiger partial charge in [-0.3, -0.25) is 4.79 Å². The van der Waals surface area contributed by atoms with Crippen LogP contribution in [-0.2, 0) is 14.3 Å². The molecule has 120 valence electrons. The van der Waals surface area contributed by atoms with E-state index in [1.807, 2.05) is 6.92 Å². The number of carbonyl (C=O) groups is 2. The van der Waals surface area contributed by atoms with Gasteiger partial charge in [-0.15, -0.1) is 0 Å². The molecule has 0 spiro atoms. The van der Waals surface area contributed by atoms with Crippen molar-refractivity contribution in [2.45, 2.75) is 19.8 Å². The van der Waals surface area contributed by atoms with Crippen molar-refractivity contribution < 1.29 is 24.2 Å². The zero-order valence-corrected chi connectivity index (χ0v) is 12.4. The highest BCUT2D eigenvalue weighted by molar-refractivity contribution is 5.78. The summed E-state index contributed by atoms with van der Waals surface area (Å²) in [6.45, 7) is 7.69. The lowest BCUT2D eigenvalue weighted by molar-refractivity contribution is -0.154. The summed E-state index contributed by atoms with van der Waals surface area (Å²) in [7, 11) is 0. The van der Waals surface area contributed by atoms with E-state index >= 15 is 0 Å². The monoisotopic (exact) mass is 300 g/mol. The van der Waals surface area contributed by atoms with Gasteiger partial charge >= 0.3 is 12.0 Å². The molecule has 3 N–H and O–H groups in total. The Morgan fingerprint density at radius 1 is 1.33 bits per heavy atom. The fourth-order valence-electron chi connectivity index (χ4n) is 2.02. The molecule has 2 amide bonds. The Hall–Kier alpha value is -1.60. The lowest BCUT2D eigenvalue weighted by Gasteiger charge is -2.33. The van der Waals surface area contributed by atoms with Crippen LogP contribution in [0.3, 0.4) is 0 Å². The SMILES string of the molecule is C=C(C)COCCNC(=O)NCC1(C(=O)O)CCOCC1. The second-order valence-corrected chi connectivity index (χ2v) is 5.32. The molecule has 1 saturated heterocycles. The lowest BCUT2D eigenvalue weighted by atomic mass is 9.80. The summed E-state index contributed by atoms with van der Waals surface area (Å²) >= 11 is 0. The summed E-state index contributed by atoms with van der Waals surface area (Å²) in [6.07, 6.45) is 0.814. The number of nitrogens with one attached hydrogen (secondary N) is 2. The average molecular weight is 300 g/mol. The van der Waals surface area contributed by atoms with E-state index < -0.39 is 11.4 Å². The summed E-state index contributed by atoms with van der Waals surface area (Å²) in [5.41, 5.74) is -0.00570. The fourth-order valence-corrected chi connectivity index (χ4v) is 2.02. The molecule has 0 radical (unpaired) electrons. The standard InChI is InChI=1S/C14H24N2O5/c1-11(2)9-21-8-5-15-13(19)16-10-14(12(17)18)3-6-20-7-4-14/h1,3-10H2,2H3,(H,17,18)(H2,15,16,19). The number of hydrogen-bond acceptors (Lipinski definition) is 4. The third kappa shape index (κ3) is 6.14. The smallest absolute Gasteiger partial charge is 0.314 e. The minimum absolute atomic E-state index is 0.101.